The number of likely N-dealkylation sites (tertiary alicyclic amines) is 1. The second kappa shape index (κ2) is 6.64. The van der Waals surface area contributed by atoms with Gasteiger partial charge in [0.2, 0.25) is 0 Å². The number of thioether (sulfide) groups is 1. The summed E-state index contributed by atoms with van der Waals surface area (Å²) in [5.41, 5.74) is 8.52. The number of hydrogen-bond acceptors (Lipinski definition) is 4. The van der Waals surface area contributed by atoms with Crippen LogP contribution in [0.1, 0.15) is 12.0 Å². The van der Waals surface area contributed by atoms with Crippen LogP contribution in [0.15, 0.2) is 23.1 Å². The maximum Gasteiger partial charge on any atom is 0.0420 e. The van der Waals surface area contributed by atoms with E-state index < -0.39 is 0 Å². The molecule has 1 atom stereocenters. The molecular formula is C15H25N3S. The highest BCUT2D eigenvalue weighted by Crippen LogP contribution is 2.29. The minimum absolute atomic E-state index is 0.612. The molecule has 1 unspecified atom stereocenters. The van der Waals surface area contributed by atoms with E-state index in [-0.39, 0.29) is 0 Å². The summed E-state index contributed by atoms with van der Waals surface area (Å²) in [6.45, 7) is 4.17. The van der Waals surface area contributed by atoms with E-state index >= 15 is 0 Å². The summed E-state index contributed by atoms with van der Waals surface area (Å²) in [5, 5.41) is 0. The first-order valence-electron chi connectivity index (χ1n) is 6.91. The Bertz CT molecular complexity index is 422. The summed E-state index contributed by atoms with van der Waals surface area (Å²) in [7, 11) is 4.40. The molecule has 0 saturated carbocycles. The molecule has 0 bridgehead atoms. The van der Waals surface area contributed by atoms with Crippen molar-refractivity contribution in [3.8, 4) is 0 Å². The smallest absolute Gasteiger partial charge is 0.0420 e. The van der Waals surface area contributed by atoms with Crippen molar-refractivity contribution < 1.29 is 0 Å². The monoisotopic (exact) mass is 279 g/mol. The van der Waals surface area contributed by atoms with Crippen molar-refractivity contribution in [2.45, 2.75) is 17.9 Å². The van der Waals surface area contributed by atoms with Gasteiger partial charge in [0.25, 0.3) is 0 Å². The molecule has 106 valence electrons. The molecule has 1 saturated heterocycles. The van der Waals surface area contributed by atoms with Gasteiger partial charge < -0.3 is 15.5 Å². The van der Waals surface area contributed by atoms with Crippen LogP contribution in [-0.2, 0) is 6.54 Å². The first kappa shape index (κ1) is 14.7. The Morgan fingerprint density at radius 2 is 2.26 bits per heavy atom. The van der Waals surface area contributed by atoms with Crippen LogP contribution in [-0.4, -0.2) is 44.9 Å². The second-order valence-electron chi connectivity index (χ2n) is 5.46. The molecule has 0 aliphatic carbocycles. The summed E-state index contributed by atoms with van der Waals surface area (Å²) in [5.74, 6) is 0.776. The first-order valence-corrected chi connectivity index (χ1v) is 8.13. The zero-order valence-electron chi connectivity index (χ0n) is 12.2. The van der Waals surface area contributed by atoms with Crippen LogP contribution >= 0.6 is 11.8 Å². The van der Waals surface area contributed by atoms with Gasteiger partial charge in [0.1, 0.15) is 0 Å². The quantitative estimate of drug-likeness (QED) is 0.838. The van der Waals surface area contributed by atoms with E-state index in [1.54, 1.807) is 11.8 Å². The Hall–Kier alpha value is -0.710. The van der Waals surface area contributed by atoms with Gasteiger partial charge in [-0.3, -0.25) is 0 Å². The first-order chi connectivity index (χ1) is 9.15. The van der Waals surface area contributed by atoms with Crippen LogP contribution in [0.25, 0.3) is 0 Å². The molecule has 4 heteroatoms. The molecule has 0 radical (unpaired) electrons. The molecule has 0 aromatic heterocycles. The van der Waals surface area contributed by atoms with Gasteiger partial charge >= 0.3 is 0 Å². The van der Waals surface area contributed by atoms with Crippen molar-refractivity contribution in [3.63, 3.8) is 0 Å². The second-order valence-corrected chi connectivity index (χ2v) is 6.31. The van der Waals surface area contributed by atoms with Crippen LogP contribution in [0.5, 0.6) is 0 Å². The van der Waals surface area contributed by atoms with E-state index in [9.17, 15) is 0 Å². The molecule has 0 spiro atoms. The lowest BCUT2D eigenvalue weighted by atomic mass is 10.1. The SMILES string of the molecule is CSc1cccc(N(C)CC2CCN(C)C2)c1CN. The van der Waals surface area contributed by atoms with E-state index in [2.05, 4.69) is 48.4 Å². The van der Waals surface area contributed by atoms with Crippen LogP contribution in [0.4, 0.5) is 5.69 Å². The maximum atomic E-state index is 5.95. The van der Waals surface area contributed by atoms with Gasteiger partial charge in [0.05, 0.1) is 0 Å². The van der Waals surface area contributed by atoms with Crippen LogP contribution in [0.3, 0.4) is 0 Å². The zero-order valence-corrected chi connectivity index (χ0v) is 13.0. The third-order valence-corrected chi connectivity index (χ3v) is 4.79. The van der Waals surface area contributed by atoms with Crippen molar-refractivity contribution in [3.05, 3.63) is 23.8 Å². The van der Waals surface area contributed by atoms with Crippen LogP contribution in [0, 0.1) is 5.92 Å². The van der Waals surface area contributed by atoms with E-state index in [0.29, 0.717) is 6.54 Å². The van der Waals surface area contributed by atoms with Crippen molar-refractivity contribution in [2.75, 3.05) is 44.9 Å². The average molecular weight is 279 g/mol. The predicted octanol–water partition coefficient (Wildman–Crippen LogP) is 2.26. The Morgan fingerprint density at radius 1 is 1.47 bits per heavy atom. The Morgan fingerprint density at radius 3 is 2.84 bits per heavy atom. The molecule has 19 heavy (non-hydrogen) atoms. The lowest BCUT2D eigenvalue weighted by Gasteiger charge is -2.26. The van der Waals surface area contributed by atoms with Gasteiger partial charge in [-0.05, 0) is 44.3 Å². The van der Waals surface area contributed by atoms with Gasteiger partial charge in [-0.1, -0.05) is 6.07 Å². The van der Waals surface area contributed by atoms with Crippen molar-refractivity contribution >= 4 is 17.4 Å². The summed E-state index contributed by atoms with van der Waals surface area (Å²) >= 11 is 1.78. The Kier molecular flexibility index (Phi) is 5.13. The Labute approximate surface area is 121 Å². The number of hydrogen-bond donors (Lipinski definition) is 1. The van der Waals surface area contributed by atoms with E-state index in [1.165, 1.54) is 35.7 Å². The van der Waals surface area contributed by atoms with E-state index in [4.69, 9.17) is 5.73 Å². The number of nitrogens with two attached hydrogens (primary N) is 1. The van der Waals surface area contributed by atoms with Gasteiger partial charge in [0, 0.05) is 42.8 Å². The van der Waals surface area contributed by atoms with Gasteiger partial charge in [-0.15, -0.1) is 11.8 Å². The van der Waals surface area contributed by atoms with Crippen molar-refractivity contribution in [1.29, 1.82) is 0 Å². The van der Waals surface area contributed by atoms with Crippen LogP contribution < -0.4 is 10.6 Å². The highest BCUT2D eigenvalue weighted by Gasteiger charge is 2.21. The molecule has 1 fully saturated rings. The molecule has 1 aliphatic heterocycles. The average Bonchev–Trinajstić information content (AvgIpc) is 2.82. The fourth-order valence-electron chi connectivity index (χ4n) is 2.97. The third kappa shape index (κ3) is 3.44. The predicted molar refractivity (Wildman–Crippen MR) is 85.0 cm³/mol. The highest BCUT2D eigenvalue weighted by molar-refractivity contribution is 7.98. The summed E-state index contributed by atoms with van der Waals surface area (Å²) in [6, 6.07) is 6.49. The van der Waals surface area contributed by atoms with Crippen molar-refractivity contribution in [2.24, 2.45) is 11.7 Å². The molecular weight excluding hydrogens is 254 g/mol. The third-order valence-electron chi connectivity index (χ3n) is 3.96. The summed E-state index contributed by atoms with van der Waals surface area (Å²) in [4.78, 5) is 6.10. The minimum atomic E-state index is 0.612. The van der Waals surface area contributed by atoms with E-state index in [1.807, 2.05) is 0 Å². The topological polar surface area (TPSA) is 32.5 Å². The van der Waals surface area contributed by atoms with Gasteiger partial charge in [-0.2, -0.15) is 0 Å². The summed E-state index contributed by atoms with van der Waals surface area (Å²) < 4.78 is 0. The highest BCUT2D eigenvalue weighted by atomic mass is 32.2. The number of anilines is 1. The molecule has 0 amide bonds. The molecule has 2 rings (SSSR count). The number of benzene rings is 1. The maximum absolute atomic E-state index is 5.95. The molecule has 2 N–H and O–H groups in total. The zero-order chi connectivity index (χ0) is 13.8. The van der Waals surface area contributed by atoms with Crippen LogP contribution in [0.2, 0.25) is 0 Å². The van der Waals surface area contributed by atoms with Crippen molar-refractivity contribution in [1.82, 2.24) is 4.90 Å². The molecule has 1 aliphatic rings. The standard InChI is InChI=1S/C15H25N3S/c1-17-8-7-12(10-17)11-18(2)14-5-4-6-15(19-3)13(14)9-16/h4-6,12H,7-11,16H2,1-3H3. The molecule has 1 aromatic rings. The Balaban J connectivity index is 2.12. The van der Waals surface area contributed by atoms with Gasteiger partial charge in [0.15, 0.2) is 0 Å². The number of nitrogens with zero attached hydrogens (tertiary/aromatic N) is 2. The lowest BCUT2D eigenvalue weighted by molar-refractivity contribution is 0.396. The molecule has 1 heterocycles. The van der Waals surface area contributed by atoms with Gasteiger partial charge in [-0.25, -0.2) is 0 Å². The largest absolute Gasteiger partial charge is 0.374 e. The van der Waals surface area contributed by atoms with E-state index in [0.717, 1.165) is 12.5 Å². The fraction of sp³-hybridized carbons (Fsp3) is 0.600. The normalized spacial score (nSPS) is 19.9. The lowest BCUT2D eigenvalue weighted by Crippen LogP contribution is -2.28. The number of rotatable bonds is 5. The fourth-order valence-corrected chi connectivity index (χ4v) is 3.62. The molecule has 1 aromatic carbocycles. The summed E-state index contributed by atoms with van der Waals surface area (Å²) in [6.07, 6.45) is 3.42. The molecule has 3 nitrogen and oxygen atoms in total. The minimum Gasteiger partial charge on any atom is -0.374 e.